The number of hydrogen-bond acceptors (Lipinski definition) is 5. The molecule has 1 aromatic carbocycles. The van der Waals surface area contributed by atoms with Gasteiger partial charge in [-0.25, -0.2) is 0 Å². The molecular weight excluding hydrogens is 365 g/mol. The van der Waals surface area contributed by atoms with Gasteiger partial charge in [-0.2, -0.15) is 5.26 Å². The van der Waals surface area contributed by atoms with Gasteiger partial charge in [0.25, 0.3) is 5.56 Å². The molecule has 1 heterocycles. The van der Waals surface area contributed by atoms with Crippen LogP contribution in [0.25, 0.3) is 0 Å². The Morgan fingerprint density at radius 1 is 1.44 bits per heavy atom. The van der Waals surface area contributed by atoms with Crippen molar-refractivity contribution in [2.45, 2.75) is 13.5 Å². The van der Waals surface area contributed by atoms with E-state index in [4.69, 9.17) is 27.9 Å². The summed E-state index contributed by atoms with van der Waals surface area (Å²) in [6, 6.07) is 6.68. The first-order valence-corrected chi connectivity index (χ1v) is 8.00. The van der Waals surface area contributed by atoms with Crippen molar-refractivity contribution in [3.63, 3.8) is 0 Å². The van der Waals surface area contributed by atoms with Crippen LogP contribution in [-0.2, 0) is 11.3 Å². The number of halogens is 2. The molecule has 2 rings (SSSR count). The highest BCUT2D eigenvalue weighted by Gasteiger charge is 2.17. The average molecular weight is 380 g/mol. The van der Waals surface area contributed by atoms with Crippen LogP contribution in [0.4, 0.5) is 5.69 Å². The second-order valence-corrected chi connectivity index (χ2v) is 6.00. The molecule has 0 aliphatic heterocycles. The van der Waals surface area contributed by atoms with E-state index in [1.54, 1.807) is 25.1 Å². The van der Waals surface area contributed by atoms with Crippen molar-refractivity contribution in [3.8, 4) is 11.9 Å². The third-order valence-corrected chi connectivity index (χ3v) is 4.15. The van der Waals surface area contributed by atoms with E-state index in [2.05, 4.69) is 4.99 Å². The minimum Gasteiger partial charge on any atom is -0.494 e. The summed E-state index contributed by atoms with van der Waals surface area (Å²) in [5.74, 6) is -0.285. The Morgan fingerprint density at radius 3 is 2.76 bits per heavy atom. The Morgan fingerprint density at radius 2 is 2.16 bits per heavy atom. The van der Waals surface area contributed by atoms with Gasteiger partial charge in [0.1, 0.15) is 11.6 Å². The molecule has 0 bridgehead atoms. The van der Waals surface area contributed by atoms with Crippen LogP contribution in [0.15, 0.2) is 28.0 Å². The van der Waals surface area contributed by atoms with Crippen LogP contribution in [-0.4, -0.2) is 29.6 Å². The number of aliphatic imine (C=N–C) groups is 1. The van der Waals surface area contributed by atoms with E-state index in [0.717, 1.165) is 4.57 Å². The van der Waals surface area contributed by atoms with Gasteiger partial charge in [-0.1, -0.05) is 23.2 Å². The van der Waals surface area contributed by atoms with Crippen molar-refractivity contribution in [2.75, 3.05) is 13.7 Å². The van der Waals surface area contributed by atoms with Gasteiger partial charge in [0, 0.05) is 18.3 Å². The first-order chi connectivity index (χ1) is 11.9. The molecular formula is C17H15Cl2N3O3. The number of aromatic hydroxyl groups is 1. The molecule has 130 valence electrons. The summed E-state index contributed by atoms with van der Waals surface area (Å²) in [7, 11) is 1.48. The van der Waals surface area contributed by atoms with Crippen LogP contribution in [0, 0.1) is 18.3 Å². The van der Waals surface area contributed by atoms with Gasteiger partial charge in [-0.05, 0) is 30.7 Å². The largest absolute Gasteiger partial charge is 0.494 e. The molecule has 1 aromatic heterocycles. The first kappa shape index (κ1) is 19.0. The second-order valence-electron chi connectivity index (χ2n) is 5.15. The molecule has 0 radical (unpaired) electrons. The predicted octanol–water partition coefficient (Wildman–Crippen LogP) is 3.44. The molecule has 0 spiro atoms. The van der Waals surface area contributed by atoms with Crippen molar-refractivity contribution in [1.82, 2.24) is 4.57 Å². The molecule has 25 heavy (non-hydrogen) atoms. The molecule has 0 fully saturated rings. The van der Waals surface area contributed by atoms with Gasteiger partial charge < -0.3 is 9.84 Å². The Balaban J connectivity index is 2.58. The summed E-state index contributed by atoms with van der Waals surface area (Å²) in [6.07, 6.45) is 1.36. The summed E-state index contributed by atoms with van der Waals surface area (Å²) < 4.78 is 6.02. The number of aromatic nitrogens is 1. The van der Waals surface area contributed by atoms with Crippen molar-refractivity contribution in [3.05, 3.63) is 55.3 Å². The predicted molar refractivity (Wildman–Crippen MR) is 97.4 cm³/mol. The monoisotopic (exact) mass is 379 g/mol. The number of nitrogens with zero attached hydrogens (tertiary/aromatic N) is 3. The summed E-state index contributed by atoms with van der Waals surface area (Å²) >= 11 is 11.9. The van der Waals surface area contributed by atoms with Crippen LogP contribution in [0.2, 0.25) is 10.0 Å². The topological polar surface area (TPSA) is 87.6 Å². The van der Waals surface area contributed by atoms with E-state index in [0.29, 0.717) is 21.3 Å². The molecule has 0 aliphatic rings. The average Bonchev–Trinajstić information content (AvgIpc) is 2.56. The Bertz CT molecular complexity index is 930. The molecule has 0 saturated carbocycles. The van der Waals surface area contributed by atoms with Crippen molar-refractivity contribution < 1.29 is 9.84 Å². The minimum absolute atomic E-state index is 0.0578. The molecule has 0 unspecified atom stereocenters. The van der Waals surface area contributed by atoms with Gasteiger partial charge in [0.2, 0.25) is 5.88 Å². The number of rotatable bonds is 5. The van der Waals surface area contributed by atoms with E-state index in [-0.39, 0.29) is 30.2 Å². The number of pyridine rings is 1. The minimum atomic E-state index is -0.573. The van der Waals surface area contributed by atoms with E-state index in [1.165, 1.54) is 13.3 Å². The number of hydrogen-bond donors (Lipinski definition) is 1. The molecule has 0 aliphatic carbocycles. The van der Waals surface area contributed by atoms with E-state index < -0.39 is 5.56 Å². The zero-order valence-corrected chi connectivity index (χ0v) is 15.1. The maximum atomic E-state index is 12.3. The maximum absolute atomic E-state index is 12.3. The highest BCUT2D eigenvalue weighted by Crippen LogP contribution is 2.28. The first-order valence-electron chi connectivity index (χ1n) is 7.25. The van der Waals surface area contributed by atoms with Crippen molar-refractivity contribution in [1.29, 1.82) is 5.26 Å². The summed E-state index contributed by atoms with van der Waals surface area (Å²) in [5.41, 5.74) is 0.414. The van der Waals surface area contributed by atoms with Gasteiger partial charge in [0.05, 0.1) is 29.4 Å². The second kappa shape index (κ2) is 8.17. The van der Waals surface area contributed by atoms with Crippen LogP contribution in [0.1, 0.15) is 16.7 Å². The van der Waals surface area contributed by atoms with E-state index >= 15 is 0 Å². The highest BCUT2D eigenvalue weighted by molar-refractivity contribution is 6.36. The van der Waals surface area contributed by atoms with Crippen LogP contribution >= 0.6 is 23.2 Å². The fraction of sp³-hybridized carbons (Fsp3) is 0.235. The molecule has 8 heteroatoms. The number of methoxy groups -OCH3 is 1. The Kier molecular flexibility index (Phi) is 6.21. The lowest BCUT2D eigenvalue weighted by molar-refractivity contribution is 0.182. The quantitative estimate of drug-likeness (QED) is 0.805. The SMILES string of the molecule is COCCn1c(O)c(C=Nc2ccc(Cl)cc2Cl)c(C)c(C#N)c1=O. The molecule has 0 amide bonds. The normalized spacial score (nSPS) is 11.0. The lowest BCUT2D eigenvalue weighted by atomic mass is 10.1. The zero-order valence-electron chi connectivity index (χ0n) is 13.6. The number of ether oxygens (including phenoxy) is 1. The number of benzene rings is 1. The Labute approximate surface area is 154 Å². The van der Waals surface area contributed by atoms with Crippen molar-refractivity contribution in [2.24, 2.45) is 4.99 Å². The summed E-state index contributed by atoms with van der Waals surface area (Å²) in [4.78, 5) is 16.5. The third kappa shape index (κ3) is 4.02. The van der Waals surface area contributed by atoms with E-state index in [9.17, 15) is 15.2 Å². The molecule has 1 N–H and O–H groups in total. The van der Waals surface area contributed by atoms with Crippen LogP contribution in [0.5, 0.6) is 5.88 Å². The van der Waals surface area contributed by atoms with Gasteiger partial charge >= 0.3 is 0 Å². The van der Waals surface area contributed by atoms with Gasteiger partial charge in [-0.15, -0.1) is 0 Å². The number of nitriles is 1. The Hall–Kier alpha value is -2.33. The fourth-order valence-electron chi connectivity index (χ4n) is 2.24. The summed E-state index contributed by atoms with van der Waals surface area (Å²) in [5, 5.41) is 20.5. The van der Waals surface area contributed by atoms with E-state index in [1.807, 2.05) is 6.07 Å². The zero-order chi connectivity index (χ0) is 18.6. The maximum Gasteiger partial charge on any atom is 0.271 e. The van der Waals surface area contributed by atoms with Crippen LogP contribution in [0.3, 0.4) is 0 Å². The molecule has 6 nitrogen and oxygen atoms in total. The molecule has 0 atom stereocenters. The molecule has 0 saturated heterocycles. The lowest BCUT2D eigenvalue weighted by Gasteiger charge is -2.13. The van der Waals surface area contributed by atoms with Gasteiger partial charge in [0.15, 0.2) is 0 Å². The standard InChI is InChI=1S/C17H15Cl2N3O3/c1-10-12(8-20)16(23)22(5-6-25-2)17(24)13(10)9-21-15-4-3-11(18)7-14(15)19/h3-4,7,9,24H,5-6H2,1-2H3. The van der Waals surface area contributed by atoms with Crippen molar-refractivity contribution >= 4 is 35.1 Å². The van der Waals surface area contributed by atoms with Crippen LogP contribution < -0.4 is 5.56 Å². The lowest BCUT2D eigenvalue weighted by Crippen LogP contribution is -2.26. The highest BCUT2D eigenvalue weighted by atomic mass is 35.5. The fourth-order valence-corrected chi connectivity index (χ4v) is 2.69. The smallest absolute Gasteiger partial charge is 0.271 e. The third-order valence-electron chi connectivity index (χ3n) is 3.61. The van der Waals surface area contributed by atoms with Gasteiger partial charge in [-0.3, -0.25) is 14.4 Å². The molecule has 2 aromatic rings. The summed E-state index contributed by atoms with van der Waals surface area (Å²) in [6.45, 7) is 1.89.